The minimum absolute atomic E-state index is 0.0316. The second-order valence-electron chi connectivity index (χ2n) is 5.00. The van der Waals surface area contributed by atoms with Gasteiger partial charge in [0.2, 0.25) is 5.91 Å². The van der Waals surface area contributed by atoms with Gasteiger partial charge in [0.15, 0.2) is 5.13 Å². The summed E-state index contributed by atoms with van der Waals surface area (Å²) in [5.74, 6) is -0.142. The number of carbonyl (C=O) groups is 1. The number of rotatable bonds is 5. The molecule has 5 nitrogen and oxygen atoms in total. The first-order valence-electron chi connectivity index (χ1n) is 7.09. The lowest BCUT2D eigenvalue weighted by Crippen LogP contribution is -2.20. The van der Waals surface area contributed by atoms with Crippen LogP contribution in [0.4, 0.5) is 5.13 Å². The Hall–Kier alpha value is -2.25. The van der Waals surface area contributed by atoms with Crippen molar-refractivity contribution < 1.29 is 4.79 Å². The first-order valence-corrected chi connectivity index (χ1v) is 8.85. The van der Waals surface area contributed by atoms with Crippen molar-refractivity contribution in [2.75, 3.05) is 5.32 Å². The summed E-state index contributed by atoms with van der Waals surface area (Å²) in [6.45, 7) is 2.25. The maximum Gasteiger partial charge on any atom is 0.307 e. The number of benzene rings is 1. The first kappa shape index (κ1) is 15.6. The molecule has 1 N–H and O–H groups in total. The standard InChI is InChI=1S/C16H15N3O2S2/c1-11-9-23-16(21)19(11)8-7-14(20)18-15-17-13(10-22-15)12-5-3-2-4-6-12/h2-6,9-10H,7-8H2,1H3,(H,17,18,20). The van der Waals surface area contributed by atoms with E-state index in [1.807, 2.05) is 42.6 Å². The van der Waals surface area contributed by atoms with Crippen molar-refractivity contribution in [1.82, 2.24) is 9.55 Å². The molecule has 0 aliphatic heterocycles. The van der Waals surface area contributed by atoms with Crippen LogP contribution in [0.25, 0.3) is 11.3 Å². The van der Waals surface area contributed by atoms with Crippen LogP contribution < -0.4 is 10.2 Å². The van der Waals surface area contributed by atoms with Gasteiger partial charge in [-0.3, -0.25) is 9.59 Å². The smallest absolute Gasteiger partial charge is 0.303 e. The zero-order chi connectivity index (χ0) is 16.2. The van der Waals surface area contributed by atoms with Gasteiger partial charge >= 0.3 is 4.87 Å². The molecule has 1 aromatic carbocycles. The van der Waals surface area contributed by atoms with Crippen LogP contribution in [0.1, 0.15) is 12.1 Å². The third-order valence-electron chi connectivity index (χ3n) is 3.36. The van der Waals surface area contributed by atoms with E-state index in [1.54, 1.807) is 9.95 Å². The summed E-state index contributed by atoms with van der Waals surface area (Å²) in [5, 5.41) is 7.08. The van der Waals surface area contributed by atoms with Crippen LogP contribution in [0.5, 0.6) is 0 Å². The second kappa shape index (κ2) is 6.89. The van der Waals surface area contributed by atoms with Crippen LogP contribution >= 0.6 is 22.7 Å². The van der Waals surface area contributed by atoms with E-state index >= 15 is 0 Å². The fourth-order valence-electron chi connectivity index (χ4n) is 2.14. The van der Waals surface area contributed by atoms with E-state index in [0.717, 1.165) is 28.3 Å². The van der Waals surface area contributed by atoms with E-state index in [2.05, 4.69) is 10.3 Å². The number of carbonyl (C=O) groups excluding carboxylic acids is 1. The number of aromatic nitrogens is 2. The Bertz CT molecular complexity index is 865. The number of anilines is 1. The van der Waals surface area contributed by atoms with Crippen molar-refractivity contribution in [3.05, 3.63) is 56.5 Å². The Balaban J connectivity index is 1.60. The van der Waals surface area contributed by atoms with Gasteiger partial charge in [-0.2, -0.15) is 0 Å². The summed E-state index contributed by atoms with van der Waals surface area (Å²) < 4.78 is 1.61. The highest BCUT2D eigenvalue weighted by Crippen LogP contribution is 2.24. The molecule has 2 heterocycles. The summed E-state index contributed by atoms with van der Waals surface area (Å²) in [6.07, 6.45) is 0.248. The molecule has 0 fully saturated rings. The molecule has 3 rings (SSSR count). The summed E-state index contributed by atoms with van der Waals surface area (Å²) in [6, 6.07) is 9.81. The minimum Gasteiger partial charge on any atom is -0.303 e. The summed E-state index contributed by atoms with van der Waals surface area (Å²) in [7, 11) is 0. The summed E-state index contributed by atoms with van der Waals surface area (Å²) >= 11 is 2.55. The van der Waals surface area contributed by atoms with Crippen molar-refractivity contribution in [3.8, 4) is 11.3 Å². The molecule has 0 radical (unpaired) electrons. The lowest BCUT2D eigenvalue weighted by Gasteiger charge is -2.04. The number of thiazole rings is 2. The average molecular weight is 345 g/mol. The normalized spacial score (nSPS) is 10.7. The molecule has 2 aromatic heterocycles. The van der Waals surface area contributed by atoms with Gasteiger partial charge < -0.3 is 9.88 Å². The zero-order valence-corrected chi connectivity index (χ0v) is 14.1. The number of nitrogens with zero attached hydrogens (tertiary/aromatic N) is 2. The van der Waals surface area contributed by atoms with Crippen molar-refractivity contribution >= 4 is 33.7 Å². The molecule has 0 atom stereocenters. The van der Waals surface area contributed by atoms with Gasteiger partial charge in [0.05, 0.1) is 5.69 Å². The number of aryl methyl sites for hydroxylation is 1. The van der Waals surface area contributed by atoms with Crippen LogP contribution in [0.3, 0.4) is 0 Å². The molecule has 23 heavy (non-hydrogen) atoms. The molecule has 7 heteroatoms. The van der Waals surface area contributed by atoms with Crippen molar-refractivity contribution in [2.45, 2.75) is 19.9 Å². The Morgan fingerprint density at radius 3 is 2.70 bits per heavy atom. The number of hydrogen-bond acceptors (Lipinski definition) is 5. The molecule has 3 aromatic rings. The first-order chi connectivity index (χ1) is 11.1. The molecule has 0 saturated heterocycles. The van der Waals surface area contributed by atoms with Crippen molar-refractivity contribution in [3.63, 3.8) is 0 Å². The predicted octanol–water partition coefficient (Wildman–Crippen LogP) is 3.37. The van der Waals surface area contributed by atoms with E-state index in [0.29, 0.717) is 11.7 Å². The molecule has 118 valence electrons. The third kappa shape index (κ3) is 3.75. The highest BCUT2D eigenvalue weighted by Gasteiger charge is 2.09. The molecule has 0 aliphatic rings. The van der Waals surface area contributed by atoms with Crippen LogP contribution in [0.15, 0.2) is 45.9 Å². The van der Waals surface area contributed by atoms with Gasteiger partial charge in [-0.1, -0.05) is 41.7 Å². The van der Waals surface area contributed by atoms with Gasteiger partial charge in [0.25, 0.3) is 0 Å². The monoisotopic (exact) mass is 345 g/mol. The predicted molar refractivity (Wildman–Crippen MR) is 94.1 cm³/mol. The SMILES string of the molecule is Cc1csc(=O)n1CCC(=O)Nc1nc(-c2ccccc2)cs1. The Labute approximate surface area is 141 Å². The van der Waals surface area contributed by atoms with Gasteiger partial charge in [-0.15, -0.1) is 11.3 Å². The van der Waals surface area contributed by atoms with Crippen LogP contribution in [-0.2, 0) is 11.3 Å². The average Bonchev–Trinajstić information content (AvgIpc) is 3.14. The fourth-order valence-corrected chi connectivity index (χ4v) is 3.64. The number of amides is 1. The van der Waals surface area contributed by atoms with Crippen LogP contribution in [-0.4, -0.2) is 15.5 Å². The molecule has 0 saturated carbocycles. The van der Waals surface area contributed by atoms with Gasteiger partial charge in [0, 0.05) is 35.0 Å². The van der Waals surface area contributed by atoms with E-state index in [-0.39, 0.29) is 17.2 Å². The topological polar surface area (TPSA) is 64.0 Å². The lowest BCUT2D eigenvalue weighted by atomic mass is 10.2. The highest BCUT2D eigenvalue weighted by molar-refractivity contribution is 7.14. The summed E-state index contributed by atoms with van der Waals surface area (Å²) in [5.41, 5.74) is 2.74. The Morgan fingerprint density at radius 1 is 1.22 bits per heavy atom. The third-order valence-corrected chi connectivity index (χ3v) is 5.00. The Morgan fingerprint density at radius 2 is 2.00 bits per heavy atom. The fraction of sp³-hybridized carbons (Fsp3) is 0.188. The molecule has 1 amide bonds. The Kier molecular flexibility index (Phi) is 4.68. The van der Waals surface area contributed by atoms with Crippen molar-refractivity contribution in [1.29, 1.82) is 0 Å². The molecule has 0 bridgehead atoms. The minimum atomic E-state index is -0.142. The van der Waals surface area contributed by atoms with E-state index in [4.69, 9.17) is 0 Å². The van der Waals surface area contributed by atoms with Crippen molar-refractivity contribution in [2.24, 2.45) is 0 Å². The largest absolute Gasteiger partial charge is 0.307 e. The maximum absolute atomic E-state index is 12.0. The molecular formula is C16H15N3O2S2. The van der Waals surface area contributed by atoms with Crippen LogP contribution in [0.2, 0.25) is 0 Å². The second-order valence-corrected chi connectivity index (χ2v) is 6.68. The number of nitrogens with one attached hydrogen (secondary N) is 1. The van der Waals surface area contributed by atoms with E-state index < -0.39 is 0 Å². The molecule has 0 unspecified atom stereocenters. The summed E-state index contributed by atoms with van der Waals surface area (Å²) in [4.78, 5) is 28.0. The lowest BCUT2D eigenvalue weighted by molar-refractivity contribution is -0.116. The quantitative estimate of drug-likeness (QED) is 0.771. The highest BCUT2D eigenvalue weighted by atomic mass is 32.1. The molecule has 0 spiro atoms. The van der Waals surface area contributed by atoms with E-state index in [1.165, 1.54) is 11.3 Å². The van der Waals surface area contributed by atoms with Gasteiger partial charge in [0.1, 0.15) is 0 Å². The van der Waals surface area contributed by atoms with Gasteiger partial charge in [-0.05, 0) is 6.92 Å². The van der Waals surface area contributed by atoms with Gasteiger partial charge in [-0.25, -0.2) is 4.98 Å². The van der Waals surface area contributed by atoms with Crippen LogP contribution in [0, 0.1) is 6.92 Å². The maximum atomic E-state index is 12.0. The number of hydrogen-bond donors (Lipinski definition) is 1. The molecule has 0 aliphatic carbocycles. The zero-order valence-electron chi connectivity index (χ0n) is 12.5. The van der Waals surface area contributed by atoms with E-state index in [9.17, 15) is 9.59 Å². The molecular weight excluding hydrogens is 330 g/mol.